The molecule has 34 heavy (non-hydrogen) atoms. The molecule has 1 heterocycles. The first kappa shape index (κ1) is 25.6. The van der Waals surface area contributed by atoms with Crippen molar-refractivity contribution in [2.45, 2.75) is 58.2 Å². The first-order chi connectivity index (χ1) is 15.9. The third kappa shape index (κ3) is 5.56. The Kier molecular flexibility index (Phi) is 7.63. The Labute approximate surface area is 202 Å². The maximum Gasteiger partial charge on any atom is 0.340 e. The smallest absolute Gasteiger partial charge is 0.340 e. The summed E-state index contributed by atoms with van der Waals surface area (Å²) in [4.78, 5) is 39.5. The van der Waals surface area contributed by atoms with Gasteiger partial charge in [-0.25, -0.2) is 9.59 Å². The summed E-state index contributed by atoms with van der Waals surface area (Å²) in [7, 11) is -2.18. The number of esters is 2. The van der Waals surface area contributed by atoms with Gasteiger partial charge < -0.3 is 13.9 Å². The van der Waals surface area contributed by atoms with Gasteiger partial charge in [-0.05, 0) is 49.3 Å². The van der Waals surface area contributed by atoms with Crippen LogP contribution in [0.25, 0.3) is 0 Å². The van der Waals surface area contributed by atoms with E-state index in [0.29, 0.717) is 11.1 Å². The van der Waals surface area contributed by atoms with E-state index in [-0.39, 0.29) is 17.7 Å². The van der Waals surface area contributed by atoms with E-state index in [2.05, 4.69) is 33.9 Å². The lowest BCUT2D eigenvalue weighted by Gasteiger charge is -2.49. The van der Waals surface area contributed by atoms with Gasteiger partial charge in [-0.1, -0.05) is 57.2 Å². The van der Waals surface area contributed by atoms with Crippen LogP contribution >= 0.6 is 0 Å². The Morgan fingerprint density at radius 3 is 1.94 bits per heavy atom. The summed E-state index contributed by atoms with van der Waals surface area (Å²) in [5.41, 5.74) is 0.749. The molecule has 0 aromatic heterocycles. The molecular formula is C26H33NO6Si. The maximum absolute atomic E-state index is 13.1. The number of likely N-dealkylation sites (tertiary alicyclic amines) is 1. The van der Waals surface area contributed by atoms with Gasteiger partial charge in [-0.3, -0.25) is 9.69 Å². The van der Waals surface area contributed by atoms with Crippen LogP contribution < -0.4 is 0 Å². The SMILES string of the molecule is C[C@@H](O[Si](C)(C)C(C)(C)C)[C@H]1C(=O)N(COC(=O)c2ccccc2)[C@@H]1OC(=O)c1ccccc1. The highest BCUT2D eigenvalue weighted by atomic mass is 28.4. The minimum atomic E-state index is -2.18. The first-order valence-corrected chi connectivity index (χ1v) is 14.3. The molecule has 3 rings (SSSR count). The molecule has 3 atom stereocenters. The van der Waals surface area contributed by atoms with Crippen LogP contribution in [-0.2, 0) is 18.7 Å². The highest BCUT2D eigenvalue weighted by molar-refractivity contribution is 6.74. The second kappa shape index (κ2) is 10.1. The van der Waals surface area contributed by atoms with Crippen molar-refractivity contribution in [1.29, 1.82) is 0 Å². The number of β-lactam (4-membered cyclic amide) rings is 1. The molecule has 0 bridgehead atoms. The van der Waals surface area contributed by atoms with Gasteiger partial charge in [0, 0.05) is 0 Å². The van der Waals surface area contributed by atoms with E-state index in [1.807, 2.05) is 6.92 Å². The number of carbonyl (C=O) groups is 3. The third-order valence-electron chi connectivity index (χ3n) is 6.56. The zero-order valence-electron chi connectivity index (χ0n) is 20.6. The topological polar surface area (TPSA) is 82.1 Å². The predicted octanol–water partition coefficient (Wildman–Crippen LogP) is 4.85. The molecule has 0 N–H and O–H groups in total. The van der Waals surface area contributed by atoms with Crippen LogP contribution in [0.4, 0.5) is 0 Å². The number of carbonyl (C=O) groups excluding carboxylic acids is 3. The Balaban J connectivity index is 1.76. The van der Waals surface area contributed by atoms with Crippen molar-refractivity contribution in [3.8, 4) is 0 Å². The van der Waals surface area contributed by atoms with Crippen LogP contribution in [0.3, 0.4) is 0 Å². The fourth-order valence-corrected chi connectivity index (χ4v) is 4.94. The van der Waals surface area contributed by atoms with E-state index in [0.717, 1.165) is 0 Å². The average Bonchev–Trinajstić information content (AvgIpc) is 2.78. The number of benzene rings is 2. The molecule has 1 aliphatic rings. The summed E-state index contributed by atoms with van der Waals surface area (Å²) in [6.07, 6.45) is -1.37. The van der Waals surface area contributed by atoms with Crippen molar-refractivity contribution in [2.75, 3.05) is 6.73 Å². The van der Waals surface area contributed by atoms with Crippen molar-refractivity contribution < 1.29 is 28.3 Å². The highest BCUT2D eigenvalue weighted by Crippen LogP contribution is 2.40. The molecule has 0 spiro atoms. The molecule has 1 aliphatic heterocycles. The Bertz CT molecular complexity index is 1020. The van der Waals surface area contributed by atoms with Crippen molar-refractivity contribution in [1.82, 2.24) is 4.90 Å². The van der Waals surface area contributed by atoms with E-state index in [1.165, 1.54) is 4.90 Å². The lowest BCUT2D eigenvalue weighted by Crippen LogP contribution is -2.67. The van der Waals surface area contributed by atoms with Crippen LogP contribution in [-0.4, -0.2) is 50.1 Å². The molecule has 8 heteroatoms. The average molecular weight is 484 g/mol. The second-order valence-electron chi connectivity index (χ2n) is 10.0. The lowest BCUT2D eigenvalue weighted by molar-refractivity contribution is -0.202. The molecule has 0 unspecified atom stereocenters. The molecule has 7 nitrogen and oxygen atoms in total. The number of rotatable bonds is 8. The standard InChI is InChI=1S/C26H33NO6Si/c1-18(33-34(5,6)26(2,3)4)21-22(28)27(17-31-24(29)19-13-9-7-10-14-19)23(21)32-25(30)20-15-11-8-12-16-20/h7-16,18,21,23H,17H2,1-6H3/t18-,21+,23-/m1/s1. The van der Waals surface area contributed by atoms with Gasteiger partial charge in [0.15, 0.2) is 21.3 Å². The molecule has 182 valence electrons. The van der Waals surface area contributed by atoms with Gasteiger partial charge in [0.2, 0.25) is 5.91 Å². The number of hydrogen-bond acceptors (Lipinski definition) is 6. The highest BCUT2D eigenvalue weighted by Gasteiger charge is 2.55. The van der Waals surface area contributed by atoms with Crippen molar-refractivity contribution >= 4 is 26.2 Å². The molecular weight excluding hydrogens is 450 g/mol. The van der Waals surface area contributed by atoms with Crippen LogP contribution in [0.15, 0.2) is 60.7 Å². The summed E-state index contributed by atoms with van der Waals surface area (Å²) in [5.74, 6) is -2.08. The van der Waals surface area contributed by atoms with Gasteiger partial charge >= 0.3 is 11.9 Å². The quantitative estimate of drug-likeness (QED) is 0.303. The van der Waals surface area contributed by atoms with Gasteiger partial charge in [-0.2, -0.15) is 0 Å². The predicted molar refractivity (Wildman–Crippen MR) is 130 cm³/mol. The molecule has 2 aromatic rings. The number of hydrogen-bond donors (Lipinski definition) is 0. The van der Waals surface area contributed by atoms with Crippen LogP contribution in [0.5, 0.6) is 0 Å². The summed E-state index contributed by atoms with van der Waals surface area (Å²) in [6.45, 7) is 12.1. The van der Waals surface area contributed by atoms with Crippen molar-refractivity contribution in [3.05, 3.63) is 71.8 Å². The van der Waals surface area contributed by atoms with Crippen molar-refractivity contribution in [2.24, 2.45) is 5.92 Å². The minimum absolute atomic E-state index is 0.0465. The second-order valence-corrected chi connectivity index (χ2v) is 14.8. The lowest BCUT2D eigenvalue weighted by atomic mass is 9.91. The summed E-state index contributed by atoms with van der Waals surface area (Å²) < 4.78 is 17.5. The van der Waals surface area contributed by atoms with Crippen LogP contribution in [0.1, 0.15) is 48.4 Å². The number of amides is 1. The maximum atomic E-state index is 13.1. The summed E-state index contributed by atoms with van der Waals surface area (Å²) in [5, 5.41) is -0.0465. The molecule has 1 fully saturated rings. The van der Waals surface area contributed by atoms with E-state index in [9.17, 15) is 14.4 Å². The molecule has 0 aliphatic carbocycles. The fourth-order valence-electron chi connectivity index (χ4n) is 3.51. The van der Waals surface area contributed by atoms with Gasteiger partial charge in [0.05, 0.1) is 17.2 Å². The largest absolute Gasteiger partial charge is 0.440 e. The van der Waals surface area contributed by atoms with Crippen molar-refractivity contribution in [3.63, 3.8) is 0 Å². The molecule has 0 radical (unpaired) electrons. The van der Waals surface area contributed by atoms with E-state index >= 15 is 0 Å². The summed E-state index contributed by atoms with van der Waals surface area (Å²) in [6, 6.07) is 17.1. The Morgan fingerprint density at radius 2 is 1.44 bits per heavy atom. The van der Waals surface area contributed by atoms with E-state index in [1.54, 1.807) is 60.7 Å². The molecule has 0 saturated carbocycles. The van der Waals surface area contributed by atoms with Gasteiger partial charge in [-0.15, -0.1) is 0 Å². The Morgan fingerprint density at radius 1 is 0.941 bits per heavy atom. The monoisotopic (exact) mass is 483 g/mol. The van der Waals surface area contributed by atoms with E-state index in [4.69, 9.17) is 13.9 Å². The van der Waals surface area contributed by atoms with Crippen LogP contribution in [0, 0.1) is 5.92 Å². The number of nitrogens with zero attached hydrogens (tertiary/aromatic N) is 1. The minimum Gasteiger partial charge on any atom is -0.440 e. The zero-order chi connectivity index (χ0) is 25.1. The molecule has 1 amide bonds. The third-order valence-corrected chi connectivity index (χ3v) is 11.1. The van der Waals surface area contributed by atoms with Crippen LogP contribution in [0.2, 0.25) is 18.1 Å². The van der Waals surface area contributed by atoms with Gasteiger partial charge in [0.25, 0.3) is 0 Å². The molecule has 1 saturated heterocycles. The number of ether oxygens (including phenoxy) is 2. The normalized spacial score (nSPS) is 19.2. The molecule has 2 aromatic carbocycles. The van der Waals surface area contributed by atoms with Gasteiger partial charge in [0.1, 0.15) is 5.92 Å². The Hall–Kier alpha value is -2.97. The zero-order valence-corrected chi connectivity index (χ0v) is 21.6. The summed E-state index contributed by atoms with van der Waals surface area (Å²) >= 11 is 0. The fraction of sp³-hybridized carbons (Fsp3) is 0.423. The van der Waals surface area contributed by atoms with E-state index < -0.39 is 38.5 Å². The first-order valence-electron chi connectivity index (χ1n) is 11.4.